The van der Waals surface area contributed by atoms with E-state index in [2.05, 4.69) is 10.6 Å². The summed E-state index contributed by atoms with van der Waals surface area (Å²) >= 11 is 0. The van der Waals surface area contributed by atoms with E-state index in [1.54, 1.807) is 18.2 Å². The van der Waals surface area contributed by atoms with Gasteiger partial charge in [-0.15, -0.1) is 0 Å². The van der Waals surface area contributed by atoms with E-state index in [1.807, 2.05) is 4.90 Å². The van der Waals surface area contributed by atoms with Crippen LogP contribution in [0.25, 0.3) is 5.57 Å². The summed E-state index contributed by atoms with van der Waals surface area (Å²) in [6.45, 7) is 2.50. The maximum atomic E-state index is 14.8. The van der Waals surface area contributed by atoms with Gasteiger partial charge in [-0.3, -0.25) is 4.79 Å². The van der Waals surface area contributed by atoms with Crippen molar-refractivity contribution in [3.05, 3.63) is 59.8 Å². The van der Waals surface area contributed by atoms with E-state index in [4.69, 9.17) is 9.47 Å². The van der Waals surface area contributed by atoms with Crippen LogP contribution in [0.3, 0.4) is 0 Å². The van der Waals surface area contributed by atoms with Gasteiger partial charge in [0.15, 0.2) is 5.79 Å². The fraction of sp³-hybridized carbons (Fsp3) is 0.318. The SMILES string of the molecule is O=C1Nc2cccc(F)c2C1=CNc1ccc(N2CCC3(CC2)OCCO3)c(F)c1. The van der Waals surface area contributed by atoms with Gasteiger partial charge in [0.25, 0.3) is 5.91 Å². The lowest BCUT2D eigenvalue weighted by atomic mass is 10.0. The smallest absolute Gasteiger partial charge is 0.257 e. The summed E-state index contributed by atoms with van der Waals surface area (Å²) in [6.07, 6.45) is 2.79. The molecule has 6 nitrogen and oxygen atoms in total. The van der Waals surface area contributed by atoms with Crippen molar-refractivity contribution in [1.82, 2.24) is 0 Å². The second-order valence-corrected chi connectivity index (χ2v) is 7.58. The Morgan fingerprint density at radius 2 is 1.83 bits per heavy atom. The standard InChI is InChI=1S/C22H21F2N3O3/c23-16-2-1-3-18-20(16)15(21(28)26-18)13-25-14-4-5-19(17(24)12-14)27-8-6-22(7-9-27)29-10-11-30-22/h1-5,12-13,25H,6-11H2,(H,26,28). The number of piperidine rings is 1. The Hall–Kier alpha value is -2.97. The van der Waals surface area contributed by atoms with Gasteiger partial charge in [-0.25, -0.2) is 8.78 Å². The van der Waals surface area contributed by atoms with Gasteiger partial charge in [-0.2, -0.15) is 0 Å². The summed E-state index contributed by atoms with van der Waals surface area (Å²) in [4.78, 5) is 14.1. The van der Waals surface area contributed by atoms with Crippen LogP contribution in [0, 0.1) is 11.6 Å². The fourth-order valence-corrected chi connectivity index (χ4v) is 4.23. The molecule has 5 rings (SSSR count). The van der Waals surface area contributed by atoms with E-state index in [0.29, 0.717) is 56.2 Å². The van der Waals surface area contributed by atoms with E-state index < -0.39 is 17.5 Å². The molecular weight excluding hydrogens is 392 g/mol. The van der Waals surface area contributed by atoms with Crippen LogP contribution in [0.1, 0.15) is 18.4 Å². The second-order valence-electron chi connectivity index (χ2n) is 7.58. The number of fused-ring (bicyclic) bond motifs is 1. The molecule has 0 unspecified atom stereocenters. The molecule has 30 heavy (non-hydrogen) atoms. The topological polar surface area (TPSA) is 62.8 Å². The molecule has 2 N–H and O–H groups in total. The van der Waals surface area contributed by atoms with Gasteiger partial charge in [0.1, 0.15) is 11.6 Å². The van der Waals surface area contributed by atoms with Gasteiger partial charge in [-0.05, 0) is 30.3 Å². The molecule has 8 heteroatoms. The zero-order chi connectivity index (χ0) is 20.7. The minimum atomic E-state index is -0.506. The number of benzene rings is 2. The number of nitrogens with one attached hydrogen (secondary N) is 2. The highest BCUT2D eigenvalue weighted by atomic mass is 19.1. The summed E-state index contributed by atoms with van der Waals surface area (Å²) in [6, 6.07) is 9.27. The molecule has 156 valence electrons. The molecule has 0 aromatic heterocycles. The highest BCUT2D eigenvalue weighted by Crippen LogP contribution is 2.35. The highest BCUT2D eigenvalue weighted by Gasteiger charge is 2.40. The Morgan fingerprint density at radius 3 is 2.57 bits per heavy atom. The first-order valence-electron chi connectivity index (χ1n) is 9.94. The number of rotatable bonds is 3. The predicted molar refractivity (Wildman–Crippen MR) is 109 cm³/mol. The number of carbonyl (C=O) groups is 1. The van der Waals surface area contributed by atoms with E-state index >= 15 is 0 Å². The number of ether oxygens (including phenoxy) is 2. The molecule has 2 aromatic rings. The molecule has 0 aliphatic carbocycles. The summed E-state index contributed by atoms with van der Waals surface area (Å²) in [5, 5.41) is 5.53. The first-order valence-corrected chi connectivity index (χ1v) is 9.94. The van der Waals surface area contributed by atoms with Gasteiger partial charge in [-0.1, -0.05) is 6.07 Å². The second kappa shape index (κ2) is 7.37. The van der Waals surface area contributed by atoms with Crippen molar-refractivity contribution in [2.24, 2.45) is 0 Å². The summed E-state index contributed by atoms with van der Waals surface area (Å²) in [7, 11) is 0. The van der Waals surface area contributed by atoms with E-state index in [1.165, 1.54) is 24.4 Å². The number of hydrogen-bond donors (Lipinski definition) is 2. The van der Waals surface area contributed by atoms with Gasteiger partial charge in [0.05, 0.1) is 30.2 Å². The average Bonchev–Trinajstić information content (AvgIpc) is 3.32. The number of anilines is 3. The van der Waals surface area contributed by atoms with Gasteiger partial charge >= 0.3 is 0 Å². The number of nitrogens with zero attached hydrogens (tertiary/aromatic N) is 1. The van der Waals surface area contributed by atoms with Crippen molar-refractivity contribution in [3.63, 3.8) is 0 Å². The van der Waals surface area contributed by atoms with E-state index in [9.17, 15) is 13.6 Å². The molecule has 1 amide bonds. The lowest BCUT2D eigenvalue weighted by Gasteiger charge is -2.38. The van der Waals surface area contributed by atoms with E-state index in [-0.39, 0.29) is 17.0 Å². The van der Waals surface area contributed by atoms with Crippen molar-refractivity contribution in [1.29, 1.82) is 0 Å². The van der Waals surface area contributed by atoms with Gasteiger partial charge in [0.2, 0.25) is 0 Å². The van der Waals surface area contributed by atoms with Crippen molar-refractivity contribution in [3.8, 4) is 0 Å². The Bertz CT molecular complexity index is 1020. The Kier molecular flexibility index (Phi) is 4.67. The van der Waals surface area contributed by atoms with Crippen LogP contribution in [-0.2, 0) is 14.3 Å². The molecule has 3 aliphatic heterocycles. The third-order valence-electron chi connectivity index (χ3n) is 5.79. The molecule has 3 aliphatic rings. The first kappa shape index (κ1) is 19.0. The molecule has 0 saturated carbocycles. The quantitative estimate of drug-likeness (QED) is 0.752. The van der Waals surface area contributed by atoms with Crippen molar-refractivity contribution >= 4 is 28.5 Å². The third-order valence-corrected chi connectivity index (χ3v) is 5.79. The molecule has 0 bridgehead atoms. The number of carbonyl (C=O) groups excluding carboxylic acids is 1. The van der Waals surface area contributed by atoms with Crippen LogP contribution in [0.5, 0.6) is 0 Å². The Morgan fingerprint density at radius 1 is 1.07 bits per heavy atom. The molecule has 2 aromatic carbocycles. The number of halogens is 2. The zero-order valence-electron chi connectivity index (χ0n) is 16.2. The van der Waals surface area contributed by atoms with Gasteiger partial charge in [0, 0.05) is 43.4 Å². The minimum absolute atomic E-state index is 0.172. The highest BCUT2D eigenvalue weighted by molar-refractivity contribution is 6.31. The minimum Gasteiger partial charge on any atom is -0.369 e. The fourth-order valence-electron chi connectivity index (χ4n) is 4.23. The summed E-state index contributed by atoms with van der Waals surface area (Å²) in [5.41, 5.74) is 1.79. The summed E-state index contributed by atoms with van der Waals surface area (Å²) in [5.74, 6) is -1.77. The molecule has 2 saturated heterocycles. The maximum Gasteiger partial charge on any atom is 0.257 e. The predicted octanol–water partition coefficient (Wildman–Crippen LogP) is 3.71. The Labute approximate surface area is 172 Å². The third kappa shape index (κ3) is 3.32. The number of amides is 1. The first-order chi connectivity index (χ1) is 14.5. The molecule has 1 spiro atoms. The largest absolute Gasteiger partial charge is 0.369 e. The zero-order valence-corrected chi connectivity index (χ0v) is 16.2. The molecule has 0 radical (unpaired) electrons. The monoisotopic (exact) mass is 413 g/mol. The molecule has 2 fully saturated rings. The molecular formula is C22H21F2N3O3. The van der Waals surface area contributed by atoms with E-state index in [0.717, 1.165) is 0 Å². The normalized spacial score (nSPS) is 21.2. The molecule has 3 heterocycles. The lowest BCUT2D eigenvalue weighted by Crippen LogP contribution is -2.45. The van der Waals surface area contributed by atoms with Crippen LogP contribution in [0.4, 0.5) is 25.8 Å². The summed E-state index contributed by atoms with van der Waals surface area (Å²) < 4.78 is 40.3. The maximum absolute atomic E-state index is 14.8. The number of hydrogen-bond acceptors (Lipinski definition) is 5. The molecule has 0 atom stereocenters. The van der Waals surface area contributed by atoms with Crippen LogP contribution in [0.15, 0.2) is 42.6 Å². The van der Waals surface area contributed by atoms with Crippen molar-refractivity contribution in [2.45, 2.75) is 18.6 Å². The lowest BCUT2D eigenvalue weighted by molar-refractivity contribution is -0.169. The van der Waals surface area contributed by atoms with Crippen LogP contribution in [0.2, 0.25) is 0 Å². The van der Waals surface area contributed by atoms with Crippen molar-refractivity contribution < 1.29 is 23.0 Å². The van der Waals surface area contributed by atoms with Crippen LogP contribution >= 0.6 is 0 Å². The van der Waals surface area contributed by atoms with Crippen LogP contribution < -0.4 is 15.5 Å². The average molecular weight is 413 g/mol. The van der Waals surface area contributed by atoms with Crippen LogP contribution in [-0.4, -0.2) is 38.0 Å². The van der Waals surface area contributed by atoms with Gasteiger partial charge < -0.3 is 25.0 Å². The van der Waals surface area contributed by atoms with Crippen molar-refractivity contribution in [2.75, 3.05) is 41.8 Å². The Balaban J connectivity index is 1.30.